The molecule has 3 nitrogen and oxygen atoms in total. The lowest BCUT2D eigenvalue weighted by Crippen LogP contribution is -2.54. The number of hydrogen-bond acceptors (Lipinski definition) is 2. The van der Waals surface area contributed by atoms with E-state index in [1.165, 1.54) is 5.56 Å². The number of rotatable bonds is 5. The van der Waals surface area contributed by atoms with Gasteiger partial charge in [-0.05, 0) is 18.9 Å². The molecule has 0 radical (unpaired) electrons. The minimum absolute atomic E-state index is 0. The van der Waals surface area contributed by atoms with Crippen molar-refractivity contribution in [2.45, 2.75) is 32.9 Å². The Labute approximate surface area is 145 Å². The van der Waals surface area contributed by atoms with E-state index in [4.69, 9.17) is 11.6 Å². The molecular weight excluding hydrogens is 319 g/mol. The third kappa shape index (κ3) is 5.15. The van der Waals surface area contributed by atoms with Crippen molar-refractivity contribution in [3.05, 3.63) is 35.9 Å². The highest BCUT2D eigenvalue weighted by molar-refractivity contribution is 6.18. The van der Waals surface area contributed by atoms with Crippen LogP contribution in [-0.4, -0.2) is 47.3 Å². The van der Waals surface area contributed by atoms with Crippen molar-refractivity contribution in [2.24, 2.45) is 5.92 Å². The summed E-state index contributed by atoms with van der Waals surface area (Å²) in [7, 11) is 0. The van der Waals surface area contributed by atoms with Gasteiger partial charge >= 0.3 is 0 Å². The van der Waals surface area contributed by atoms with E-state index in [2.05, 4.69) is 36.1 Å². The van der Waals surface area contributed by atoms with E-state index in [0.717, 1.165) is 32.6 Å². The summed E-state index contributed by atoms with van der Waals surface area (Å²) < 4.78 is 0. The van der Waals surface area contributed by atoms with Crippen molar-refractivity contribution in [1.29, 1.82) is 0 Å². The average molecular weight is 345 g/mol. The van der Waals surface area contributed by atoms with Crippen molar-refractivity contribution in [2.75, 3.05) is 25.5 Å². The van der Waals surface area contributed by atoms with Gasteiger partial charge in [0.2, 0.25) is 5.91 Å². The first-order chi connectivity index (χ1) is 10.1. The highest BCUT2D eigenvalue weighted by Gasteiger charge is 2.29. The molecule has 1 aromatic rings. The Bertz CT molecular complexity index is 455. The van der Waals surface area contributed by atoms with Crippen LogP contribution in [0.4, 0.5) is 0 Å². The van der Waals surface area contributed by atoms with E-state index >= 15 is 0 Å². The van der Waals surface area contributed by atoms with Crippen LogP contribution >= 0.6 is 24.0 Å². The number of carbonyl (C=O) groups is 1. The molecule has 0 aliphatic carbocycles. The molecule has 1 aromatic carbocycles. The zero-order valence-electron chi connectivity index (χ0n) is 13.4. The van der Waals surface area contributed by atoms with Gasteiger partial charge in [0, 0.05) is 44.0 Å². The van der Waals surface area contributed by atoms with Crippen LogP contribution in [0.1, 0.15) is 25.8 Å². The number of nitrogens with zero attached hydrogens (tertiary/aromatic N) is 2. The maximum absolute atomic E-state index is 12.4. The van der Waals surface area contributed by atoms with Crippen LogP contribution in [0.15, 0.2) is 30.3 Å². The summed E-state index contributed by atoms with van der Waals surface area (Å²) in [6.45, 7) is 7.78. The lowest BCUT2D eigenvalue weighted by atomic mass is 10.0. The van der Waals surface area contributed by atoms with Gasteiger partial charge in [0.25, 0.3) is 0 Å². The monoisotopic (exact) mass is 344 g/mol. The standard InChI is InChI=1S/C17H25ClN2O.ClH/c1-14(8-9-18)17(21)20-11-10-19(12-15(20)2)13-16-6-4-3-5-7-16;/h3-7,14-15H,8-13H2,1-2H3;1H. The molecule has 2 rings (SSSR count). The average Bonchev–Trinajstić information content (AvgIpc) is 2.48. The van der Waals surface area contributed by atoms with Gasteiger partial charge in [-0.3, -0.25) is 9.69 Å². The van der Waals surface area contributed by atoms with Gasteiger partial charge < -0.3 is 4.90 Å². The molecule has 1 amide bonds. The second kappa shape index (κ2) is 9.39. The molecule has 0 aromatic heterocycles. The summed E-state index contributed by atoms with van der Waals surface area (Å²) in [6.07, 6.45) is 0.761. The van der Waals surface area contributed by atoms with Gasteiger partial charge in [-0.25, -0.2) is 0 Å². The maximum Gasteiger partial charge on any atom is 0.225 e. The first-order valence-corrected chi connectivity index (χ1v) is 8.28. The summed E-state index contributed by atoms with van der Waals surface area (Å²) in [5.74, 6) is 0.836. The Morgan fingerprint density at radius 1 is 1.32 bits per heavy atom. The molecule has 22 heavy (non-hydrogen) atoms. The summed E-state index contributed by atoms with van der Waals surface area (Å²) in [5, 5.41) is 0. The molecule has 1 aliphatic rings. The minimum atomic E-state index is 0. The number of alkyl halides is 1. The number of piperazine rings is 1. The van der Waals surface area contributed by atoms with E-state index in [1.807, 2.05) is 17.9 Å². The Balaban J connectivity index is 0.00000242. The van der Waals surface area contributed by atoms with Crippen LogP contribution in [0.25, 0.3) is 0 Å². The van der Waals surface area contributed by atoms with Crippen LogP contribution in [0, 0.1) is 5.92 Å². The van der Waals surface area contributed by atoms with E-state index in [9.17, 15) is 4.79 Å². The fourth-order valence-electron chi connectivity index (χ4n) is 2.92. The van der Waals surface area contributed by atoms with E-state index < -0.39 is 0 Å². The molecule has 0 N–H and O–H groups in total. The highest BCUT2D eigenvalue weighted by Crippen LogP contribution is 2.17. The van der Waals surface area contributed by atoms with Crippen LogP contribution in [0.5, 0.6) is 0 Å². The first kappa shape index (κ1) is 19.3. The zero-order chi connectivity index (χ0) is 15.2. The number of hydrogen-bond donors (Lipinski definition) is 0. The molecule has 0 spiro atoms. The summed E-state index contributed by atoms with van der Waals surface area (Å²) >= 11 is 5.75. The second-order valence-corrected chi connectivity index (χ2v) is 6.36. The van der Waals surface area contributed by atoms with Crippen molar-refractivity contribution in [1.82, 2.24) is 9.80 Å². The van der Waals surface area contributed by atoms with Crippen LogP contribution in [0.3, 0.4) is 0 Å². The van der Waals surface area contributed by atoms with Crippen molar-refractivity contribution in [3.63, 3.8) is 0 Å². The smallest absolute Gasteiger partial charge is 0.225 e. The van der Waals surface area contributed by atoms with Gasteiger partial charge in [0.05, 0.1) is 0 Å². The van der Waals surface area contributed by atoms with Gasteiger partial charge in [0.15, 0.2) is 0 Å². The highest BCUT2D eigenvalue weighted by atomic mass is 35.5. The second-order valence-electron chi connectivity index (χ2n) is 5.98. The minimum Gasteiger partial charge on any atom is -0.337 e. The lowest BCUT2D eigenvalue weighted by Gasteiger charge is -2.41. The third-order valence-corrected chi connectivity index (χ3v) is 4.43. The molecule has 1 fully saturated rings. The Morgan fingerprint density at radius 2 is 2.00 bits per heavy atom. The number of carbonyl (C=O) groups excluding carboxylic acids is 1. The molecule has 1 aliphatic heterocycles. The van der Waals surface area contributed by atoms with Crippen molar-refractivity contribution < 1.29 is 4.79 Å². The van der Waals surface area contributed by atoms with Crippen molar-refractivity contribution in [3.8, 4) is 0 Å². The predicted octanol–water partition coefficient (Wildman–Crippen LogP) is 3.41. The first-order valence-electron chi connectivity index (χ1n) is 7.74. The number of benzene rings is 1. The molecule has 2 unspecified atom stereocenters. The van der Waals surface area contributed by atoms with Gasteiger partial charge in [0.1, 0.15) is 0 Å². The predicted molar refractivity (Wildman–Crippen MR) is 94.6 cm³/mol. The zero-order valence-corrected chi connectivity index (χ0v) is 14.9. The molecule has 1 saturated heterocycles. The SMILES string of the molecule is CC(CCCl)C(=O)N1CCN(Cc2ccccc2)CC1C.Cl. The number of halogens is 2. The fraction of sp³-hybridized carbons (Fsp3) is 0.588. The van der Waals surface area contributed by atoms with Gasteiger partial charge in [-0.1, -0.05) is 37.3 Å². The van der Waals surface area contributed by atoms with E-state index in [-0.39, 0.29) is 30.3 Å². The molecule has 2 atom stereocenters. The third-order valence-electron chi connectivity index (χ3n) is 4.21. The van der Waals surface area contributed by atoms with E-state index in [1.54, 1.807) is 0 Å². The quantitative estimate of drug-likeness (QED) is 0.764. The fourth-order valence-corrected chi connectivity index (χ4v) is 3.24. The van der Waals surface area contributed by atoms with Crippen LogP contribution < -0.4 is 0 Å². The Kier molecular flexibility index (Phi) is 8.23. The summed E-state index contributed by atoms with van der Waals surface area (Å²) in [5.41, 5.74) is 1.33. The Morgan fingerprint density at radius 3 is 2.59 bits per heavy atom. The van der Waals surface area contributed by atoms with Crippen LogP contribution in [0.2, 0.25) is 0 Å². The molecule has 5 heteroatoms. The maximum atomic E-state index is 12.4. The largest absolute Gasteiger partial charge is 0.337 e. The lowest BCUT2D eigenvalue weighted by molar-refractivity contribution is -0.139. The van der Waals surface area contributed by atoms with Crippen molar-refractivity contribution >= 4 is 29.9 Å². The Hall–Kier alpha value is -0.770. The molecule has 1 heterocycles. The normalized spacial score (nSPS) is 20.3. The number of amides is 1. The molecule has 124 valence electrons. The van der Waals surface area contributed by atoms with Gasteiger partial charge in [-0.15, -0.1) is 24.0 Å². The van der Waals surface area contributed by atoms with Gasteiger partial charge in [-0.2, -0.15) is 0 Å². The van der Waals surface area contributed by atoms with Crippen LogP contribution in [-0.2, 0) is 11.3 Å². The summed E-state index contributed by atoms with van der Waals surface area (Å²) in [4.78, 5) is 16.9. The molecule has 0 saturated carbocycles. The molecule has 0 bridgehead atoms. The molecular formula is C17H26Cl2N2O. The van der Waals surface area contributed by atoms with E-state index in [0.29, 0.717) is 5.88 Å². The summed E-state index contributed by atoms with van der Waals surface area (Å²) in [6, 6.07) is 10.8. The topological polar surface area (TPSA) is 23.6 Å².